The minimum absolute atomic E-state index is 0.157. The van der Waals surface area contributed by atoms with Gasteiger partial charge in [-0.25, -0.2) is 0 Å². The molecule has 3 aromatic carbocycles. The second kappa shape index (κ2) is 10.1. The highest BCUT2D eigenvalue weighted by Gasteiger charge is 2.30. The molecule has 0 saturated carbocycles. The van der Waals surface area contributed by atoms with Gasteiger partial charge >= 0.3 is 0 Å². The molecule has 2 N–H and O–H groups in total. The van der Waals surface area contributed by atoms with Crippen molar-refractivity contribution >= 4 is 11.1 Å². The van der Waals surface area contributed by atoms with Crippen molar-refractivity contribution in [1.29, 1.82) is 0 Å². The first-order valence-electron chi connectivity index (χ1n) is 12.6. The number of phenols is 2. The number of benzene rings is 3. The number of likely N-dealkylation sites (tertiary alicyclic amines) is 1. The van der Waals surface area contributed by atoms with Crippen LogP contribution in [-0.2, 0) is 0 Å². The molecule has 0 amide bonds. The van der Waals surface area contributed by atoms with E-state index in [2.05, 4.69) is 25.3 Å². The second-order valence-corrected chi connectivity index (χ2v) is 9.88. The molecule has 3 unspecified atom stereocenters. The zero-order chi connectivity index (χ0) is 25.2. The summed E-state index contributed by atoms with van der Waals surface area (Å²) in [6.07, 6.45) is 2.62. The molecule has 0 radical (unpaired) electrons. The molecule has 2 aliphatic heterocycles. The SMILES string of the molecule is C=CC1=C(c2cccc(O)c2)C(c2ccc(OCC(C)N3CCC(C)C3)cc2)Oc2ccc(O)cc21. The smallest absolute Gasteiger partial charge is 0.150 e. The van der Waals surface area contributed by atoms with Gasteiger partial charge < -0.3 is 19.7 Å². The van der Waals surface area contributed by atoms with Crippen molar-refractivity contribution < 1.29 is 19.7 Å². The zero-order valence-corrected chi connectivity index (χ0v) is 20.9. The highest BCUT2D eigenvalue weighted by Crippen LogP contribution is 2.48. The summed E-state index contributed by atoms with van der Waals surface area (Å²) >= 11 is 0. The Balaban J connectivity index is 1.44. The molecule has 0 aromatic heterocycles. The molecule has 3 aromatic rings. The molecule has 1 saturated heterocycles. The first kappa shape index (κ1) is 24.0. The van der Waals surface area contributed by atoms with Crippen molar-refractivity contribution in [3.63, 3.8) is 0 Å². The Bertz CT molecular complexity index is 1280. The van der Waals surface area contributed by atoms with Gasteiger partial charge in [-0.05, 0) is 85.0 Å². The van der Waals surface area contributed by atoms with Crippen molar-refractivity contribution in [3.8, 4) is 23.0 Å². The summed E-state index contributed by atoms with van der Waals surface area (Å²) in [5.41, 5.74) is 4.30. The van der Waals surface area contributed by atoms with Crippen LogP contribution in [0.5, 0.6) is 23.0 Å². The number of phenolic OH excluding ortho intramolecular Hbond substituents is 2. The van der Waals surface area contributed by atoms with Gasteiger partial charge in [0.25, 0.3) is 0 Å². The Kier molecular flexibility index (Phi) is 6.75. The second-order valence-electron chi connectivity index (χ2n) is 9.88. The third kappa shape index (κ3) is 4.84. The van der Waals surface area contributed by atoms with Crippen LogP contribution in [0.25, 0.3) is 11.1 Å². The van der Waals surface area contributed by atoms with E-state index in [-0.39, 0.29) is 11.5 Å². The average Bonchev–Trinajstić information content (AvgIpc) is 3.33. The van der Waals surface area contributed by atoms with Gasteiger partial charge in [-0.15, -0.1) is 0 Å². The largest absolute Gasteiger partial charge is 0.508 e. The summed E-state index contributed by atoms with van der Waals surface area (Å²) in [5.74, 6) is 2.58. The number of hydrogen-bond donors (Lipinski definition) is 2. The monoisotopic (exact) mass is 483 g/mol. The molecule has 2 heterocycles. The predicted octanol–water partition coefficient (Wildman–Crippen LogP) is 6.44. The highest BCUT2D eigenvalue weighted by atomic mass is 16.5. The topological polar surface area (TPSA) is 62.2 Å². The minimum atomic E-state index is -0.420. The van der Waals surface area contributed by atoms with Crippen molar-refractivity contribution in [2.75, 3.05) is 19.7 Å². The van der Waals surface area contributed by atoms with Gasteiger partial charge in [0.15, 0.2) is 6.10 Å². The van der Waals surface area contributed by atoms with Crippen LogP contribution in [-0.4, -0.2) is 40.9 Å². The first-order valence-corrected chi connectivity index (χ1v) is 12.6. The van der Waals surface area contributed by atoms with E-state index in [0.717, 1.165) is 52.6 Å². The third-order valence-electron chi connectivity index (χ3n) is 7.16. The van der Waals surface area contributed by atoms with Crippen LogP contribution in [0.4, 0.5) is 0 Å². The number of allylic oxidation sites excluding steroid dienone is 2. The zero-order valence-electron chi connectivity index (χ0n) is 20.9. The Morgan fingerprint density at radius 1 is 1.08 bits per heavy atom. The third-order valence-corrected chi connectivity index (χ3v) is 7.16. The summed E-state index contributed by atoms with van der Waals surface area (Å²) in [5, 5.41) is 20.3. The molecule has 186 valence electrons. The fourth-order valence-corrected chi connectivity index (χ4v) is 5.17. The lowest BCUT2D eigenvalue weighted by Crippen LogP contribution is -2.35. The summed E-state index contributed by atoms with van der Waals surface area (Å²) in [7, 11) is 0. The molecule has 5 heteroatoms. The normalized spacial score (nSPS) is 20.5. The van der Waals surface area contributed by atoms with E-state index < -0.39 is 6.10 Å². The van der Waals surface area contributed by atoms with Crippen molar-refractivity contribution in [1.82, 2.24) is 4.90 Å². The van der Waals surface area contributed by atoms with E-state index in [1.165, 1.54) is 6.42 Å². The number of ether oxygens (including phenoxy) is 2. The van der Waals surface area contributed by atoms with E-state index in [1.54, 1.807) is 36.4 Å². The Labute approximate surface area is 212 Å². The number of nitrogens with zero attached hydrogens (tertiary/aromatic N) is 1. The molecule has 2 aliphatic rings. The molecular weight excluding hydrogens is 450 g/mol. The summed E-state index contributed by atoms with van der Waals surface area (Å²) < 4.78 is 12.6. The van der Waals surface area contributed by atoms with Crippen LogP contribution in [0.2, 0.25) is 0 Å². The fourth-order valence-electron chi connectivity index (χ4n) is 5.17. The van der Waals surface area contributed by atoms with Gasteiger partial charge in [-0.3, -0.25) is 4.90 Å². The summed E-state index contributed by atoms with van der Waals surface area (Å²) in [6, 6.07) is 20.6. The van der Waals surface area contributed by atoms with E-state index in [4.69, 9.17) is 9.47 Å². The highest BCUT2D eigenvalue weighted by molar-refractivity contribution is 6.00. The van der Waals surface area contributed by atoms with Crippen molar-refractivity contribution in [3.05, 3.63) is 96.1 Å². The number of aromatic hydroxyl groups is 2. The lowest BCUT2D eigenvalue weighted by atomic mass is 9.85. The van der Waals surface area contributed by atoms with E-state index in [9.17, 15) is 10.2 Å². The van der Waals surface area contributed by atoms with Crippen molar-refractivity contribution in [2.45, 2.75) is 32.4 Å². The van der Waals surface area contributed by atoms with Crippen LogP contribution in [0.3, 0.4) is 0 Å². The van der Waals surface area contributed by atoms with Crippen LogP contribution >= 0.6 is 0 Å². The van der Waals surface area contributed by atoms with E-state index >= 15 is 0 Å². The number of hydrogen-bond acceptors (Lipinski definition) is 5. The van der Waals surface area contributed by atoms with Gasteiger partial charge in [-0.1, -0.05) is 43.8 Å². The molecule has 0 bridgehead atoms. The molecule has 1 fully saturated rings. The Morgan fingerprint density at radius 3 is 2.56 bits per heavy atom. The average molecular weight is 484 g/mol. The predicted molar refractivity (Wildman–Crippen MR) is 143 cm³/mol. The molecule has 0 spiro atoms. The molecule has 5 rings (SSSR count). The first-order chi connectivity index (χ1) is 17.4. The lowest BCUT2D eigenvalue weighted by molar-refractivity contribution is 0.169. The van der Waals surface area contributed by atoms with Gasteiger partial charge in [0.1, 0.15) is 29.6 Å². The van der Waals surface area contributed by atoms with Gasteiger partial charge in [0.2, 0.25) is 0 Å². The minimum Gasteiger partial charge on any atom is -0.508 e. The Hall–Kier alpha value is -3.70. The number of fused-ring (bicyclic) bond motifs is 1. The fraction of sp³-hybridized carbons (Fsp3) is 0.290. The van der Waals surface area contributed by atoms with Crippen LogP contribution in [0.15, 0.2) is 79.4 Å². The van der Waals surface area contributed by atoms with Crippen molar-refractivity contribution in [2.24, 2.45) is 5.92 Å². The quantitative estimate of drug-likeness (QED) is 0.405. The maximum absolute atomic E-state index is 10.2. The van der Waals surface area contributed by atoms with Crippen LogP contribution < -0.4 is 9.47 Å². The van der Waals surface area contributed by atoms with E-state index in [0.29, 0.717) is 18.4 Å². The number of rotatable bonds is 7. The standard InChI is InChI=1S/C31H33NO4/c1-4-27-28-17-25(34)10-13-29(28)36-31(30(27)23-6-5-7-24(33)16-23)22-8-11-26(12-9-22)35-19-21(3)32-15-14-20(2)18-32/h4-13,16-17,20-21,31,33-34H,1,14-15,18-19H2,2-3H3. The molecule has 36 heavy (non-hydrogen) atoms. The Morgan fingerprint density at radius 2 is 1.86 bits per heavy atom. The molecular formula is C31H33NO4. The maximum atomic E-state index is 10.2. The van der Waals surface area contributed by atoms with Gasteiger partial charge in [0, 0.05) is 23.7 Å². The summed E-state index contributed by atoms with van der Waals surface area (Å²) in [6.45, 7) is 11.5. The molecule has 0 aliphatic carbocycles. The summed E-state index contributed by atoms with van der Waals surface area (Å²) in [4.78, 5) is 2.49. The van der Waals surface area contributed by atoms with Crippen LogP contribution in [0, 0.1) is 5.92 Å². The van der Waals surface area contributed by atoms with Gasteiger partial charge in [-0.2, -0.15) is 0 Å². The molecule has 5 nitrogen and oxygen atoms in total. The van der Waals surface area contributed by atoms with Crippen LogP contribution in [0.1, 0.15) is 43.1 Å². The maximum Gasteiger partial charge on any atom is 0.150 e. The molecule has 3 atom stereocenters. The lowest BCUT2D eigenvalue weighted by Gasteiger charge is -2.31. The van der Waals surface area contributed by atoms with E-state index in [1.807, 2.05) is 36.4 Å². The van der Waals surface area contributed by atoms with Gasteiger partial charge in [0.05, 0.1) is 0 Å².